The third-order valence-electron chi connectivity index (χ3n) is 5.42. The summed E-state index contributed by atoms with van der Waals surface area (Å²) in [7, 11) is 1.37. The van der Waals surface area contributed by atoms with Gasteiger partial charge in [0.25, 0.3) is 0 Å². The summed E-state index contributed by atoms with van der Waals surface area (Å²) in [6.07, 6.45) is 0.747. The quantitative estimate of drug-likeness (QED) is 0.295. The number of methoxy groups -OCH3 is 1. The number of carbonyl (C=O) groups is 3. The number of hydrogen-bond acceptors (Lipinski definition) is 6. The Kier molecular flexibility index (Phi) is 11.7. The van der Waals surface area contributed by atoms with Crippen molar-refractivity contribution in [2.75, 3.05) is 20.2 Å². The van der Waals surface area contributed by atoms with E-state index in [-0.39, 0.29) is 17.5 Å². The van der Waals surface area contributed by atoms with Crippen molar-refractivity contribution in [3.63, 3.8) is 0 Å². The number of esters is 1. The van der Waals surface area contributed by atoms with E-state index in [0.29, 0.717) is 38.9 Å². The van der Waals surface area contributed by atoms with Crippen LogP contribution in [0.1, 0.15) is 80.2 Å². The van der Waals surface area contributed by atoms with E-state index in [1.54, 1.807) is 25.7 Å². The van der Waals surface area contributed by atoms with Crippen LogP contribution in [0.4, 0.5) is 9.59 Å². The van der Waals surface area contributed by atoms with Gasteiger partial charge in [0.15, 0.2) is 0 Å². The number of nitrogens with one attached hydrogen (secondary N) is 1. The number of rotatable bonds is 11. The van der Waals surface area contributed by atoms with Crippen LogP contribution in [0.25, 0.3) is 0 Å². The predicted molar refractivity (Wildman–Crippen MR) is 140 cm³/mol. The standard InChI is InChI=1S/C28H46N2O6/c1-26(2,3)35-24(32)29-17-15-22(23(31)34-9)19-28(7,8)16-18-30(25(33)36-27(4,5)6)20-21-13-11-10-12-14-21/h10-14,22H,15-20H2,1-9H3,(H,29,32)/t22-/m0/s1. The molecule has 1 rings (SSSR count). The van der Waals surface area contributed by atoms with Crippen LogP contribution in [0.3, 0.4) is 0 Å². The van der Waals surface area contributed by atoms with Gasteiger partial charge in [-0.15, -0.1) is 0 Å². The predicted octanol–water partition coefficient (Wildman–Crippen LogP) is 5.93. The van der Waals surface area contributed by atoms with Crippen LogP contribution in [0.2, 0.25) is 0 Å². The second kappa shape index (κ2) is 13.5. The van der Waals surface area contributed by atoms with Crippen molar-refractivity contribution >= 4 is 18.2 Å². The zero-order valence-electron chi connectivity index (χ0n) is 23.6. The number of hydrogen-bond donors (Lipinski definition) is 1. The number of alkyl carbamates (subject to hydrolysis) is 1. The average Bonchev–Trinajstić information content (AvgIpc) is 2.73. The molecule has 1 aromatic carbocycles. The summed E-state index contributed by atoms with van der Waals surface area (Å²) >= 11 is 0. The lowest BCUT2D eigenvalue weighted by Crippen LogP contribution is -2.39. The largest absolute Gasteiger partial charge is 0.469 e. The van der Waals surface area contributed by atoms with Gasteiger partial charge in [0.05, 0.1) is 13.0 Å². The van der Waals surface area contributed by atoms with Gasteiger partial charge in [0.1, 0.15) is 11.2 Å². The van der Waals surface area contributed by atoms with Gasteiger partial charge >= 0.3 is 18.2 Å². The van der Waals surface area contributed by atoms with Crippen LogP contribution in [0.15, 0.2) is 30.3 Å². The van der Waals surface area contributed by atoms with Crippen molar-refractivity contribution < 1.29 is 28.6 Å². The number of nitrogens with zero attached hydrogens (tertiary/aromatic N) is 1. The lowest BCUT2D eigenvalue weighted by molar-refractivity contribution is -0.146. The van der Waals surface area contributed by atoms with Crippen molar-refractivity contribution in [2.24, 2.45) is 11.3 Å². The minimum Gasteiger partial charge on any atom is -0.469 e. The number of benzene rings is 1. The van der Waals surface area contributed by atoms with Crippen molar-refractivity contribution in [3.05, 3.63) is 35.9 Å². The van der Waals surface area contributed by atoms with E-state index in [4.69, 9.17) is 14.2 Å². The molecule has 8 nitrogen and oxygen atoms in total. The zero-order chi connectivity index (χ0) is 27.6. The molecule has 0 saturated carbocycles. The average molecular weight is 507 g/mol. The molecule has 0 unspecified atom stereocenters. The monoisotopic (exact) mass is 506 g/mol. The summed E-state index contributed by atoms with van der Waals surface area (Å²) in [5.74, 6) is -0.716. The topological polar surface area (TPSA) is 94.2 Å². The molecule has 0 aliphatic heterocycles. The molecule has 204 valence electrons. The molecule has 0 heterocycles. The second-order valence-electron chi connectivity index (χ2n) is 11.9. The fourth-order valence-corrected chi connectivity index (χ4v) is 3.70. The van der Waals surface area contributed by atoms with Gasteiger partial charge in [0, 0.05) is 19.6 Å². The normalized spacial score (nSPS) is 12.9. The molecule has 1 N–H and O–H groups in total. The van der Waals surface area contributed by atoms with Crippen LogP contribution in [0.5, 0.6) is 0 Å². The van der Waals surface area contributed by atoms with E-state index < -0.39 is 23.2 Å². The Bertz CT molecular complexity index is 840. The third kappa shape index (κ3) is 13.4. The Hall–Kier alpha value is -2.77. The van der Waals surface area contributed by atoms with Crippen LogP contribution < -0.4 is 5.32 Å². The van der Waals surface area contributed by atoms with E-state index in [9.17, 15) is 14.4 Å². The summed E-state index contributed by atoms with van der Waals surface area (Å²) < 4.78 is 15.9. The lowest BCUT2D eigenvalue weighted by Gasteiger charge is -2.33. The Labute approximate surface area is 217 Å². The molecule has 0 fully saturated rings. The van der Waals surface area contributed by atoms with Gasteiger partial charge in [-0.05, 0) is 71.8 Å². The fourth-order valence-electron chi connectivity index (χ4n) is 3.70. The molecule has 36 heavy (non-hydrogen) atoms. The summed E-state index contributed by atoms with van der Waals surface area (Å²) in [4.78, 5) is 39.1. The summed E-state index contributed by atoms with van der Waals surface area (Å²) in [6, 6.07) is 9.79. The van der Waals surface area contributed by atoms with Crippen LogP contribution >= 0.6 is 0 Å². The Balaban J connectivity index is 2.82. The number of amides is 2. The fraction of sp³-hybridized carbons (Fsp3) is 0.679. The lowest BCUT2D eigenvalue weighted by atomic mass is 9.79. The molecule has 0 aliphatic rings. The van der Waals surface area contributed by atoms with E-state index in [1.807, 2.05) is 51.1 Å². The SMILES string of the molecule is COC(=O)[C@@H](CCNC(=O)OC(C)(C)C)CC(C)(C)CCN(Cc1ccccc1)C(=O)OC(C)(C)C. The van der Waals surface area contributed by atoms with Gasteiger partial charge in [-0.25, -0.2) is 9.59 Å². The summed E-state index contributed by atoms with van der Waals surface area (Å²) in [5, 5.41) is 2.71. The molecule has 0 aromatic heterocycles. The minimum absolute atomic E-state index is 0.276. The maximum absolute atomic E-state index is 12.9. The van der Waals surface area contributed by atoms with Gasteiger partial charge in [0.2, 0.25) is 0 Å². The number of carbonyl (C=O) groups excluding carboxylic acids is 3. The highest BCUT2D eigenvalue weighted by molar-refractivity contribution is 5.72. The van der Waals surface area contributed by atoms with E-state index in [2.05, 4.69) is 19.2 Å². The molecule has 0 saturated heterocycles. The highest BCUT2D eigenvalue weighted by Crippen LogP contribution is 2.32. The first-order valence-electron chi connectivity index (χ1n) is 12.6. The van der Waals surface area contributed by atoms with Crippen molar-refractivity contribution in [3.8, 4) is 0 Å². The van der Waals surface area contributed by atoms with Gasteiger partial charge in [-0.2, -0.15) is 0 Å². The first-order chi connectivity index (χ1) is 16.5. The third-order valence-corrected chi connectivity index (χ3v) is 5.42. The van der Waals surface area contributed by atoms with Crippen LogP contribution in [0, 0.1) is 11.3 Å². The Morgan fingerprint density at radius 1 is 0.917 bits per heavy atom. The molecule has 1 aromatic rings. The molecule has 0 bridgehead atoms. The highest BCUT2D eigenvalue weighted by atomic mass is 16.6. The Morgan fingerprint density at radius 2 is 1.50 bits per heavy atom. The molecule has 8 heteroatoms. The van der Waals surface area contributed by atoms with E-state index in [0.717, 1.165) is 5.56 Å². The molecular weight excluding hydrogens is 460 g/mol. The number of ether oxygens (including phenoxy) is 3. The van der Waals surface area contributed by atoms with Crippen LogP contribution in [-0.2, 0) is 25.5 Å². The van der Waals surface area contributed by atoms with Gasteiger partial charge in [-0.3, -0.25) is 4.79 Å². The van der Waals surface area contributed by atoms with Crippen molar-refractivity contribution in [2.45, 2.75) is 92.4 Å². The minimum atomic E-state index is -0.599. The first kappa shape index (κ1) is 31.3. The molecule has 0 spiro atoms. The zero-order valence-corrected chi connectivity index (χ0v) is 23.6. The maximum atomic E-state index is 12.9. The van der Waals surface area contributed by atoms with Gasteiger partial charge in [-0.1, -0.05) is 44.2 Å². The summed E-state index contributed by atoms with van der Waals surface area (Å²) in [6.45, 7) is 16.3. The highest BCUT2D eigenvalue weighted by Gasteiger charge is 2.31. The van der Waals surface area contributed by atoms with Crippen molar-refractivity contribution in [1.82, 2.24) is 10.2 Å². The molecule has 0 aliphatic carbocycles. The van der Waals surface area contributed by atoms with Gasteiger partial charge < -0.3 is 24.4 Å². The van der Waals surface area contributed by atoms with E-state index >= 15 is 0 Å². The Morgan fingerprint density at radius 3 is 2.03 bits per heavy atom. The first-order valence-corrected chi connectivity index (χ1v) is 12.6. The molecule has 0 radical (unpaired) electrons. The summed E-state index contributed by atoms with van der Waals surface area (Å²) in [5.41, 5.74) is -0.449. The van der Waals surface area contributed by atoms with E-state index in [1.165, 1.54) is 7.11 Å². The van der Waals surface area contributed by atoms with Crippen molar-refractivity contribution in [1.29, 1.82) is 0 Å². The smallest absolute Gasteiger partial charge is 0.410 e. The second-order valence-corrected chi connectivity index (χ2v) is 11.9. The molecular formula is C28H46N2O6. The molecule has 2 amide bonds. The van der Waals surface area contributed by atoms with Crippen LogP contribution in [-0.4, -0.2) is 54.5 Å². The molecule has 1 atom stereocenters. The maximum Gasteiger partial charge on any atom is 0.410 e.